The van der Waals surface area contributed by atoms with E-state index in [-0.39, 0.29) is 23.0 Å². The molecule has 2 rings (SSSR count). The number of carbonyl (C=O) groups is 1. The molecule has 3 nitrogen and oxygen atoms in total. The molecular weight excluding hydrogens is 204 g/mol. The molecule has 2 atom stereocenters. The summed E-state index contributed by atoms with van der Waals surface area (Å²) in [5.41, 5.74) is 0.0335. The van der Waals surface area contributed by atoms with Gasteiger partial charge in [-0.1, -0.05) is 20.8 Å². The van der Waals surface area contributed by atoms with Gasteiger partial charge in [0.05, 0.1) is 0 Å². The van der Waals surface area contributed by atoms with Gasteiger partial charge in [-0.3, -0.25) is 4.79 Å². The van der Waals surface area contributed by atoms with E-state index in [0.29, 0.717) is 0 Å². The normalized spacial score (nSPS) is 34.5. The number of ketones is 1. The summed E-state index contributed by atoms with van der Waals surface area (Å²) in [5, 5.41) is 0. The SMILES string of the molecule is CC(=O)[C@@H]1[C@H](C)C2(CCC1(C)C)OC=CO2. The molecular formula is C13H20O3. The Kier molecular flexibility index (Phi) is 2.52. The standard InChI is InChI=1S/C13H20O3/c1-9-11(10(2)14)12(3,4)5-6-13(9)15-7-8-16-13/h7-9,11H,5-6H2,1-4H3/t9-,11-/m0/s1. The van der Waals surface area contributed by atoms with Crippen molar-refractivity contribution >= 4 is 5.78 Å². The minimum Gasteiger partial charge on any atom is -0.456 e. The highest BCUT2D eigenvalue weighted by Crippen LogP contribution is 2.51. The number of rotatable bonds is 1. The Hall–Kier alpha value is -0.990. The van der Waals surface area contributed by atoms with Gasteiger partial charge in [0, 0.05) is 18.3 Å². The molecule has 0 unspecified atom stereocenters. The van der Waals surface area contributed by atoms with Crippen LogP contribution in [0.5, 0.6) is 0 Å². The number of hydrogen-bond donors (Lipinski definition) is 0. The molecule has 0 radical (unpaired) electrons. The molecule has 90 valence electrons. The van der Waals surface area contributed by atoms with Crippen molar-refractivity contribution in [2.75, 3.05) is 0 Å². The van der Waals surface area contributed by atoms with E-state index in [4.69, 9.17) is 9.47 Å². The molecule has 1 saturated carbocycles. The first-order valence-corrected chi connectivity index (χ1v) is 5.90. The molecule has 1 heterocycles. The summed E-state index contributed by atoms with van der Waals surface area (Å²) in [4.78, 5) is 11.8. The summed E-state index contributed by atoms with van der Waals surface area (Å²) in [6.07, 6.45) is 4.97. The lowest BCUT2D eigenvalue weighted by molar-refractivity contribution is -0.226. The minimum atomic E-state index is -0.591. The molecule has 0 saturated heterocycles. The van der Waals surface area contributed by atoms with Gasteiger partial charge in [0.25, 0.3) is 5.79 Å². The third-order valence-corrected chi connectivity index (χ3v) is 4.18. The zero-order valence-corrected chi connectivity index (χ0v) is 10.4. The van der Waals surface area contributed by atoms with Crippen LogP contribution >= 0.6 is 0 Å². The Bertz CT molecular complexity index is 322. The second-order valence-corrected chi connectivity index (χ2v) is 5.69. The highest BCUT2D eigenvalue weighted by atomic mass is 16.7. The van der Waals surface area contributed by atoms with Crippen LogP contribution in [0.1, 0.15) is 40.5 Å². The molecule has 0 bridgehead atoms. The van der Waals surface area contributed by atoms with E-state index in [0.717, 1.165) is 12.8 Å². The van der Waals surface area contributed by atoms with Crippen LogP contribution in [0.4, 0.5) is 0 Å². The van der Waals surface area contributed by atoms with Crippen LogP contribution in [-0.2, 0) is 14.3 Å². The van der Waals surface area contributed by atoms with Gasteiger partial charge < -0.3 is 9.47 Å². The monoisotopic (exact) mass is 224 g/mol. The first-order chi connectivity index (χ1) is 7.39. The van der Waals surface area contributed by atoms with Crippen molar-refractivity contribution in [1.82, 2.24) is 0 Å². The maximum atomic E-state index is 11.8. The van der Waals surface area contributed by atoms with Gasteiger partial charge in [0.15, 0.2) is 0 Å². The Morgan fingerprint density at radius 3 is 2.31 bits per heavy atom. The summed E-state index contributed by atoms with van der Waals surface area (Å²) in [6, 6.07) is 0. The van der Waals surface area contributed by atoms with Crippen molar-refractivity contribution in [3.63, 3.8) is 0 Å². The van der Waals surface area contributed by atoms with Crippen LogP contribution in [-0.4, -0.2) is 11.6 Å². The Morgan fingerprint density at radius 2 is 1.81 bits per heavy atom. The molecule has 0 aromatic carbocycles. The van der Waals surface area contributed by atoms with Gasteiger partial charge in [-0.25, -0.2) is 0 Å². The summed E-state index contributed by atoms with van der Waals surface area (Å²) >= 11 is 0. The van der Waals surface area contributed by atoms with E-state index >= 15 is 0 Å². The van der Waals surface area contributed by atoms with E-state index in [1.165, 1.54) is 0 Å². The molecule has 16 heavy (non-hydrogen) atoms. The Morgan fingerprint density at radius 1 is 1.25 bits per heavy atom. The lowest BCUT2D eigenvalue weighted by atomic mass is 9.60. The largest absolute Gasteiger partial charge is 0.456 e. The molecule has 2 aliphatic rings. The van der Waals surface area contributed by atoms with Gasteiger partial charge in [0.1, 0.15) is 18.3 Å². The van der Waals surface area contributed by atoms with Crippen LogP contribution in [0.15, 0.2) is 12.5 Å². The van der Waals surface area contributed by atoms with E-state index in [1.807, 2.05) is 0 Å². The fourth-order valence-electron chi connectivity index (χ4n) is 3.36. The second kappa shape index (κ2) is 3.51. The molecule has 0 N–H and O–H groups in total. The van der Waals surface area contributed by atoms with Gasteiger partial charge in [0.2, 0.25) is 0 Å². The Labute approximate surface area is 96.8 Å². The van der Waals surface area contributed by atoms with E-state index in [2.05, 4.69) is 20.8 Å². The van der Waals surface area contributed by atoms with Gasteiger partial charge in [-0.15, -0.1) is 0 Å². The van der Waals surface area contributed by atoms with Crippen LogP contribution < -0.4 is 0 Å². The summed E-state index contributed by atoms with van der Waals surface area (Å²) in [7, 11) is 0. The average Bonchev–Trinajstić information content (AvgIpc) is 2.61. The first kappa shape index (κ1) is 11.5. The smallest absolute Gasteiger partial charge is 0.253 e. The van der Waals surface area contributed by atoms with Crippen molar-refractivity contribution in [2.24, 2.45) is 17.3 Å². The van der Waals surface area contributed by atoms with Crippen molar-refractivity contribution in [2.45, 2.75) is 46.3 Å². The van der Waals surface area contributed by atoms with Crippen molar-refractivity contribution < 1.29 is 14.3 Å². The number of Topliss-reactive ketones (excluding diaryl/α,β-unsaturated/α-hetero) is 1. The van der Waals surface area contributed by atoms with Gasteiger partial charge in [-0.05, 0) is 18.8 Å². The molecule has 1 spiro atoms. The maximum absolute atomic E-state index is 11.8. The predicted molar refractivity (Wildman–Crippen MR) is 60.4 cm³/mol. The minimum absolute atomic E-state index is 0.00106. The van der Waals surface area contributed by atoms with E-state index in [1.54, 1.807) is 19.4 Å². The summed E-state index contributed by atoms with van der Waals surface area (Å²) in [5.74, 6) is -0.271. The topological polar surface area (TPSA) is 35.5 Å². The summed E-state index contributed by atoms with van der Waals surface area (Å²) in [6.45, 7) is 8.04. The van der Waals surface area contributed by atoms with Gasteiger partial charge in [-0.2, -0.15) is 0 Å². The number of carbonyl (C=O) groups excluding carboxylic acids is 1. The highest BCUT2D eigenvalue weighted by Gasteiger charge is 2.55. The molecule has 0 amide bonds. The predicted octanol–water partition coefficient (Wildman–Crippen LogP) is 2.86. The quantitative estimate of drug-likeness (QED) is 0.687. The summed E-state index contributed by atoms with van der Waals surface area (Å²) < 4.78 is 11.2. The fourth-order valence-corrected chi connectivity index (χ4v) is 3.36. The van der Waals surface area contributed by atoms with Crippen LogP contribution in [0.25, 0.3) is 0 Å². The van der Waals surface area contributed by atoms with Gasteiger partial charge >= 0.3 is 0 Å². The molecule has 0 aromatic heterocycles. The molecule has 1 aliphatic heterocycles. The third kappa shape index (κ3) is 1.53. The highest BCUT2D eigenvalue weighted by molar-refractivity contribution is 5.79. The van der Waals surface area contributed by atoms with Crippen LogP contribution in [0.3, 0.4) is 0 Å². The van der Waals surface area contributed by atoms with Crippen LogP contribution in [0.2, 0.25) is 0 Å². The molecule has 1 aliphatic carbocycles. The lowest BCUT2D eigenvalue weighted by Crippen LogP contribution is -2.53. The Balaban J connectivity index is 2.29. The van der Waals surface area contributed by atoms with E-state index < -0.39 is 5.79 Å². The van der Waals surface area contributed by atoms with Crippen LogP contribution in [0, 0.1) is 17.3 Å². The van der Waals surface area contributed by atoms with Crippen molar-refractivity contribution in [1.29, 1.82) is 0 Å². The molecule has 3 heteroatoms. The lowest BCUT2D eigenvalue weighted by Gasteiger charge is -2.49. The fraction of sp³-hybridized carbons (Fsp3) is 0.769. The first-order valence-electron chi connectivity index (χ1n) is 5.90. The van der Waals surface area contributed by atoms with Crippen molar-refractivity contribution in [3.8, 4) is 0 Å². The zero-order valence-electron chi connectivity index (χ0n) is 10.4. The maximum Gasteiger partial charge on any atom is 0.253 e. The average molecular weight is 224 g/mol. The molecule has 0 aromatic rings. The zero-order chi connectivity index (χ0) is 12.0. The number of hydrogen-bond acceptors (Lipinski definition) is 3. The van der Waals surface area contributed by atoms with Crippen molar-refractivity contribution in [3.05, 3.63) is 12.5 Å². The third-order valence-electron chi connectivity index (χ3n) is 4.18. The number of ether oxygens (including phenoxy) is 2. The molecule has 1 fully saturated rings. The van der Waals surface area contributed by atoms with E-state index in [9.17, 15) is 4.79 Å². The second-order valence-electron chi connectivity index (χ2n) is 5.69.